The van der Waals surface area contributed by atoms with Gasteiger partial charge in [-0.15, -0.1) is 0 Å². The van der Waals surface area contributed by atoms with Gasteiger partial charge in [0.1, 0.15) is 18.0 Å². The van der Waals surface area contributed by atoms with Crippen molar-refractivity contribution in [3.8, 4) is 0 Å². The van der Waals surface area contributed by atoms with Crippen LogP contribution in [-0.4, -0.2) is 43.0 Å². The van der Waals surface area contributed by atoms with Gasteiger partial charge in [0.15, 0.2) is 9.84 Å². The quantitative estimate of drug-likeness (QED) is 0.764. The van der Waals surface area contributed by atoms with E-state index in [1.165, 1.54) is 6.33 Å². The Balaban J connectivity index is 2.17. The maximum Gasteiger partial charge on any atom is 0.152 e. The van der Waals surface area contributed by atoms with Crippen LogP contribution in [0.25, 0.3) is 0 Å². The molecular weight excluding hydrogens is 228 g/mol. The molecule has 1 fully saturated rings. The summed E-state index contributed by atoms with van der Waals surface area (Å²) in [6, 6.07) is 1.63. The second kappa shape index (κ2) is 3.89. The Hall–Kier alpha value is -1.37. The summed E-state index contributed by atoms with van der Waals surface area (Å²) < 4.78 is 22.7. The van der Waals surface area contributed by atoms with Crippen molar-refractivity contribution in [3.05, 3.63) is 12.4 Å². The van der Waals surface area contributed by atoms with Gasteiger partial charge in [0.2, 0.25) is 0 Å². The van der Waals surface area contributed by atoms with Crippen LogP contribution in [0.3, 0.4) is 0 Å². The molecule has 2 N–H and O–H groups in total. The van der Waals surface area contributed by atoms with Gasteiger partial charge in [-0.05, 0) is 6.42 Å². The Labute approximate surface area is 94.4 Å². The Bertz CT molecular complexity index is 488. The Morgan fingerprint density at radius 3 is 2.81 bits per heavy atom. The zero-order valence-corrected chi connectivity index (χ0v) is 9.81. The van der Waals surface area contributed by atoms with E-state index in [1.54, 1.807) is 6.07 Å². The van der Waals surface area contributed by atoms with Crippen molar-refractivity contribution in [2.75, 3.05) is 29.2 Å². The third-order valence-corrected chi connectivity index (χ3v) is 4.54. The molecule has 2 rings (SSSR count). The molecule has 1 atom stereocenters. The van der Waals surface area contributed by atoms with Gasteiger partial charge in [-0.1, -0.05) is 0 Å². The van der Waals surface area contributed by atoms with Gasteiger partial charge in [0.25, 0.3) is 0 Å². The summed E-state index contributed by atoms with van der Waals surface area (Å²) in [5.41, 5.74) is 5.55. The predicted octanol–water partition coefficient (Wildman–Crippen LogP) is -0.318. The average Bonchev–Trinajstić information content (AvgIpc) is 2.58. The Morgan fingerprint density at radius 1 is 1.50 bits per heavy atom. The predicted molar refractivity (Wildman–Crippen MR) is 61.9 cm³/mol. The zero-order chi connectivity index (χ0) is 11.8. The lowest BCUT2D eigenvalue weighted by Crippen LogP contribution is -2.33. The summed E-state index contributed by atoms with van der Waals surface area (Å²) in [5.74, 6) is 1.49. The van der Waals surface area contributed by atoms with E-state index in [0.29, 0.717) is 18.1 Å². The molecule has 0 radical (unpaired) electrons. The molecule has 1 aliphatic heterocycles. The number of nitrogen functional groups attached to an aromatic ring is 1. The molecule has 0 amide bonds. The maximum atomic E-state index is 11.4. The fourth-order valence-corrected chi connectivity index (χ4v) is 3.60. The summed E-state index contributed by atoms with van der Waals surface area (Å²) >= 11 is 0. The smallest absolute Gasteiger partial charge is 0.152 e. The minimum absolute atomic E-state index is 0.0145. The molecule has 2 heterocycles. The molecule has 1 unspecified atom stereocenters. The summed E-state index contributed by atoms with van der Waals surface area (Å²) in [4.78, 5) is 9.72. The summed E-state index contributed by atoms with van der Waals surface area (Å²) in [7, 11) is -1.05. The van der Waals surface area contributed by atoms with Crippen molar-refractivity contribution in [3.63, 3.8) is 0 Å². The lowest BCUT2D eigenvalue weighted by Gasteiger charge is -2.24. The van der Waals surface area contributed by atoms with Crippen molar-refractivity contribution in [1.29, 1.82) is 0 Å². The van der Waals surface area contributed by atoms with E-state index in [0.717, 1.165) is 0 Å². The standard InChI is InChI=1S/C9H14N4O2S/c1-13(7-2-3-16(14,15)5-7)9-4-8(10)11-6-12-9/h4,6-7H,2-3,5H2,1H3,(H2,10,11,12). The monoisotopic (exact) mass is 242 g/mol. The van der Waals surface area contributed by atoms with Gasteiger partial charge >= 0.3 is 0 Å². The van der Waals surface area contributed by atoms with E-state index in [4.69, 9.17) is 5.73 Å². The normalized spacial score (nSPS) is 23.2. The van der Waals surface area contributed by atoms with Crippen LogP contribution < -0.4 is 10.6 Å². The topological polar surface area (TPSA) is 89.2 Å². The summed E-state index contributed by atoms with van der Waals surface area (Å²) in [6.07, 6.45) is 2.02. The van der Waals surface area contributed by atoms with Crippen LogP contribution in [0.2, 0.25) is 0 Å². The molecule has 1 saturated heterocycles. The molecule has 1 aromatic heterocycles. The molecule has 6 nitrogen and oxygen atoms in total. The van der Waals surface area contributed by atoms with Crippen molar-refractivity contribution >= 4 is 21.5 Å². The molecule has 1 aromatic rings. The SMILES string of the molecule is CN(c1cc(N)ncn1)C1CCS(=O)(=O)C1. The Kier molecular flexibility index (Phi) is 2.71. The highest BCUT2D eigenvalue weighted by Crippen LogP contribution is 2.21. The largest absolute Gasteiger partial charge is 0.384 e. The number of aromatic nitrogens is 2. The summed E-state index contributed by atoms with van der Waals surface area (Å²) in [6.45, 7) is 0. The third-order valence-electron chi connectivity index (χ3n) is 2.79. The number of hydrogen-bond donors (Lipinski definition) is 1. The minimum atomic E-state index is -2.87. The van der Waals surface area contributed by atoms with Crippen LogP contribution in [0, 0.1) is 0 Å². The van der Waals surface area contributed by atoms with Crippen LogP contribution in [0.4, 0.5) is 11.6 Å². The highest BCUT2D eigenvalue weighted by Gasteiger charge is 2.31. The van der Waals surface area contributed by atoms with Crippen LogP contribution >= 0.6 is 0 Å². The zero-order valence-electron chi connectivity index (χ0n) is 9.00. The van der Waals surface area contributed by atoms with E-state index in [-0.39, 0.29) is 17.5 Å². The number of rotatable bonds is 2. The minimum Gasteiger partial charge on any atom is -0.384 e. The van der Waals surface area contributed by atoms with Crippen LogP contribution in [0.5, 0.6) is 0 Å². The molecule has 0 aliphatic carbocycles. The molecule has 88 valence electrons. The Morgan fingerprint density at radius 2 is 2.25 bits per heavy atom. The first-order valence-electron chi connectivity index (χ1n) is 4.99. The molecular formula is C9H14N4O2S. The van der Waals surface area contributed by atoms with Gasteiger partial charge in [0.05, 0.1) is 11.5 Å². The van der Waals surface area contributed by atoms with Crippen LogP contribution in [0.1, 0.15) is 6.42 Å². The molecule has 0 spiro atoms. The first kappa shape index (κ1) is 11.1. The van der Waals surface area contributed by atoms with E-state index in [9.17, 15) is 8.42 Å². The number of nitrogens with zero attached hydrogens (tertiary/aromatic N) is 3. The molecule has 0 bridgehead atoms. The lowest BCUT2D eigenvalue weighted by atomic mass is 10.2. The fraction of sp³-hybridized carbons (Fsp3) is 0.556. The van der Waals surface area contributed by atoms with Gasteiger partial charge in [-0.25, -0.2) is 18.4 Å². The van der Waals surface area contributed by atoms with E-state index < -0.39 is 9.84 Å². The van der Waals surface area contributed by atoms with Crippen molar-refractivity contribution in [1.82, 2.24) is 9.97 Å². The molecule has 16 heavy (non-hydrogen) atoms. The van der Waals surface area contributed by atoms with Crippen molar-refractivity contribution in [2.24, 2.45) is 0 Å². The van der Waals surface area contributed by atoms with E-state index >= 15 is 0 Å². The van der Waals surface area contributed by atoms with E-state index in [1.807, 2.05) is 11.9 Å². The number of nitrogens with two attached hydrogens (primary N) is 1. The highest BCUT2D eigenvalue weighted by molar-refractivity contribution is 7.91. The molecule has 7 heteroatoms. The van der Waals surface area contributed by atoms with Gasteiger partial charge < -0.3 is 10.6 Å². The third kappa shape index (κ3) is 2.24. The second-order valence-corrected chi connectivity index (χ2v) is 6.20. The average molecular weight is 242 g/mol. The molecule has 1 aliphatic rings. The van der Waals surface area contributed by atoms with Gasteiger partial charge in [-0.2, -0.15) is 0 Å². The fourth-order valence-electron chi connectivity index (χ4n) is 1.82. The van der Waals surface area contributed by atoms with Gasteiger partial charge in [-0.3, -0.25) is 0 Å². The van der Waals surface area contributed by atoms with Crippen LogP contribution in [0.15, 0.2) is 12.4 Å². The van der Waals surface area contributed by atoms with Crippen molar-refractivity contribution < 1.29 is 8.42 Å². The highest BCUT2D eigenvalue weighted by atomic mass is 32.2. The second-order valence-electron chi connectivity index (χ2n) is 3.97. The molecule has 0 aromatic carbocycles. The first-order valence-corrected chi connectivity index (χ1v) is 6.81. The van der Waals surface area contributed by atoms with E-state index in [2.05, 4.69) is 9.97 Å². The molecule has 0 saturated carbocycles. The maximum absolute atomic E-state index is 11.4. The number of hydrogen-bond acceptors (Lipinski definition) is 6. The van der Waals surface area contributed by atoms with Crippen LogP contribution in [-0.2, 0) is 9.84 Å². The van der Waals surface area contributed by atoms with Crippen molar-refractivity contribution in [2.45, 2.75) is 12.5 Å². The lowest BCUT2D eigenvalue weighted by molar-refractivity contribution is 0.600. The first-order chi connectivity index (χ1) is 7.48. The number of sulfone groups is 1. The van der Waals surface area contributed by atoms with Gasteiger partial charge in [0, 0.05) is 19.2 Å². The number of anilines is 2. The summed E-state index contributed by atoms with van der Waals surface area (Å²) in [5, 5.41) is 0.